The van der Waals surface area contributed by atoms with Gasteiger partial charge in [0.05, 0.1) is 23.6 Å². The number of fused-ring (bicyclic) bond motifs is 1. The quantitative estimate of drug-likeness (QED) is 0.219. The molecule has 5 rings (SSSR count). The van der Waals surface area contributed by atoms with Crippen LogP contribution in [-0.2, 0) is 17.9 Å². The zero-order valence-electron chi connectivity index (χ0n) is 19.7. The number of methoxy groups -OCH3 is 1. The zero-order chi connectivity index (χ0) is 25.9. The zero-order valence-corrected chi connectivity index (χ0v) is 22.1. The van der Waals surface area contributed by atoms with E-state index in [-0.39, 0.29) is 24.3 Å². The number of ether oxygens (including phenoxy) is 2. The van der Waals surface area contributed by atoms with E-state index in [1.807, 2.05) is 60.7 Å². The Morgan fingerprint density at radius 3 is 2.43 bits per heavy atom. The minimum absolute atomic E-state index is 0.197. The van der Waals surface area contributed by atoms with Crippen LogP contribution in [0, 0.1) is 0 Å². The summed E-state index contributed by atoms with van der Waals surface area (Å²) < 4.78 is 11.4. The van der Waals surface area contributed by atoms with Crippen LogP contribution in [0.25, 0.3) is 16.8 Å². The SMILES string of the molecule is COc1cc(/C=C2/SC(=O)N(Cc3cccc4ccccc34)C2=O)cc(Cl)c1OCc1ccccc1Cl. The summed E-state index contributed by atoms with van der Waals surface area (Å²) in [5.41, 5.74) is 2.33. The molecule has 1 saturated heterocycles. The van der Waals surface area contributed by atoms with Crippen molar-refractivity contribution in [2.24, 2.45) is 0 Å². The normalized spacial score (nSPS) is 14.6. The molecule has 5 nitrogen and oxygen atoms in total. The number of imide groups is 1. The lowest BCUT2D eigenvalue weighted by atomic mass is 10.0. The predicted molar refractivity (Wildman–Crippen MR) is 149 cm³/mol. The van der Waals surface area contributed by atoms with E-state index in [4.69, 9.17) is 32.7 Å². The third kappa shape index (κ3) is 5.32. The van der Waals surface area contributed by atoms with Gasteiger partial charge in [-0.05, 0) is 57.9 Å². The molecule has 0 aliphatic carbocycles. The number of amides is 2. The van der Waals surface area contributed by atoms with E-state index in [0.717, 1.165) is 33.7 Å². The summed E-state index contributed by atoms with van der Waals surface area (Å²) in [5, 5.41) is 2.65. The monoisotopic (exact) mass is 549 g/mol. The molecule has 0 N–H and O–H groups in total. The number of hydrogen-bond donors (Lipinski definition) is 0. The predicted octanol–water partition coefficient (Wildman–Crippen LogP) is 7.97. The maximum absolute atomic E-state index is 13.2. The van der Waals surface area contributed by atoms with Gasteiger partial charge in [-0.2, -0.15) is 0 Å². The molecule has 1 aliphatic heterocycles. The average molecular weight is 550 g/mol. The van der Waals surface area contributed by atoms with Gasteiger partial charge in [-0.15, -0.1) is 0 Å². The lowest BCUT2D eigenvalue weighted by Crippen LogP contribution is -2.27. The summed E-state index contributed by atoms with van der Waals surface area (Å²) in [6, 6.07) is 24.5. The van der Waals surface area contributed by atoms with Gasteiger partial charge in [0.1, 0.15) is 6.61 Å². The minimum Gasteiger partial charge on any atom is -0.493 e. The van der Waals surface area contributed by atoms with Crippen molar-refractivity contribution in [3.63, 3.8) is 0 Å². The molecule has 1 aliphatic rings. The molecular formula is C29H21Cl2NO4S. The van der Waals surface area contributed by atoms with Crippen molar-refractivity contribution < 1.29 is 19.1 Å². The molecule has 0 spiro atoms. The molecular weight excluding hydrogens is 529 g/mol. The number of carbonyl (C=O) groups is 2. The second-order valence-electron chi connectivity index (χ2n) is 8.32. The molecule has 1 heterocycles. The highest BCUT2D eigenvalue weighted by Gasteiger charge is 2.35. The molecule has 1 fully saturated rings. The fourth-order valence-corrected chi connectivity index (χ4v) is 5.42. The molecule has 0 aromatic heterocycles. The van der Waals surface area contributed by atoms with E-state index in [9.17, 15) is 9.59 Å². The maximum atomic E-state index is 13.2. The van der Waals surface area contributed by atoms with Crippen LogP contribution in [0.4, 0.5) is 4.79 Å². The average Bonchev–Trinajstić information content (AvgIpc) is 3.16. The van der Waals surface area contributed by atoms with E-state index < -0.39 is 0 Å². The highest BCUT2D eigenvalue weighted by Crippen LogP contribution is 2.40. The third-order valence-corrected chi connectivity index (χ3v) is 7.52. The van der Waals surface area contributed by atoms with Crippen LogP contribution in [0.5, 0.6) is 11.5 Å². The standard InChI is InChI=1S/C29H21Cl2NO4S/c1-35-25-14-18(13-24(31)27(25)36-17-21-8-3-5-12-23(21)30)15-26-28(33)32(29(34)37-26)16-20-10-6-9-19-7-2-4-11-22(19)20/h2-15H,16-17H2,1H3/b26-15+. The van der Waals surface area contributed by atoms with Gasteiger partial charge in [0, 0.05) is 10.6 Å². The second kappa shape index (κ2) is 10.9. The van der Waals surface area contributed by atoms with E-state index in [2.05, 4.69) is 0 Å². The Kier molecular flexibility index (Phi) is 7.42. The first-order chi connectivity index (χ1) is 17.9. The van der Waals surface area contributed by atoms with Crippen molar-refractivity contribution in [3.05, 3.63) is 111 Å². The number of thioether (sulfide) groups is 1. The Labute approximate surface area is 228 Å². The van der Waals surface area contributed by atoms with Crippen molar-refractivity contribution in [1.82, 2.24) is 4.90 Å². The molecule has 37 heavy (non-hydrogen) atoms. The number of rotatable bonds is 7. The van der Waals surface area contributed by atoms with Crippen LogP contribution < -0.4 is 9.47 Å². The van der Waals surface area contributed by atoms with Gasteiger partial charge >= 0.3 is 0 Å². The van der Waals surface area contributed by atoms with Crippen LogP contribution in [0.3, 0.4) is 0 Å². The first-order valence-electron chi connectivity index (χ1n) is 11.4. The van der Waals surface area contributed by atoms with Crippen LogP contribution in [0.2, 0.25) is 10.0 Å². The molecule has 0 radical (unpaired) electrons. The largest absolute Gasteiger partial charge is 0.493 e. The highest BCUT2D eigenvalue weighted by atomic mass is 35.5. The third-order valence-electron chi connectivity index (χ3n) is 5.96. The highest BCUT2D eigenvalue weighted by molar-refractivity contribution is 8.18. The van der Waals surface area contributed by atoms with Gasteiger partial charge in [0.25, 0.3) is 11.1 Å². The van der Waals surface area contributed by atoms with Gasteiger partial charge in [0.15, 0.2) is 11.5 Å². The first-order valence-corrected chi connectivity index (χ1v) is 13.0. The summed E-state index contributed by atoms with van der Waals surface area (Å²) >= 11 is 13.7. The van der Waals surface area contributed by atoms with Gasteiger partial charge in [-0.3, -0.25) is 14.5 Å². The van der Waals surface area contributed by atoms with Crippen molar-refractivity contribution >= 4 is 63.0 Å². The van der Waals surface area contributed by atoms with E-state index in [1.54, 1.807) is 24.3 Å². The molecule has 186 valence electrons. The smallest absolute Gasteiger partial charge is 0.293 e. The minimum atomic E-state index is -0.350. The summed E-state index contributed by atoms with van der Waals surface area (Å²) in [6.45, 7) is 0.407. The summed E-state index contributed by atoms with van der Waals surface area (Å²) in [7, 11) is 1.51. The maximum Gasteiger partial charge on any atom is 0.293 e. The second-order valence-corrected chi connectivity index (χ2v) is 10.1. The molecule has 4 aromatic rings. The van der Waals surface area contributed by atoms with Gasteiger partial charge in [-0.1, -0.05) is 83.9 Å². The molecule has 4 aromatic carbocycles. The molecule has 8 heteroatoms. The topological polar surface area (TPSA) is 55.8 Å². The van der Waals surface area contributed by atoms with E-state index in [1.165, 1.54) is 12.0 Å². The van der Waals surface area contributed by atoms with E-state index >= 15 is 0 Å². The summed E-state index contributed by atoms with van der Waals surface area (Å²) in [5.74, 6) is 0.420. The van der Waals surface area contributed by atoms with Crippen LogP contribution >= 0.6 is 35.0 Å². The van der Waals surface area contributed by atoms with Gasteiger partial charge in [0.2, 0.25) is 0 Å². The van der Waals surface area contributed by atoms with Crippen molar-refractivity contribution in [1.29, 1.82) is 0 Å². The number of benzene rings is 4. The molecule has 0 bridgehead atoms. The van der Waals surface area contributed by atoms with Crippen molar-refractivity contribution in [2.45, 2.75) is 13.2 Å². The number of halogens is 2. The number of carbonyl (C=O) groups excluding carboxylic acids is 2. The fraction of sp³-hybridized carbons (Fsp3) is 0.103. The Hall–Kier alpha value is -3.45. The van der Waals surface area contributed by atoms with Gasteiger partial charge < -0.3 is 9.47 Å². The fourth-order valence-electron chi connectivity index (χ4n) is 4.12. The molecule has 0 atom stereocenters. The lowest BCUT2D eigenvalue weighted by molar-refractivity contribution is -0.123. The lowest BCUT2D eigenvalue weighted by Gasteiger charge is -2.15. The van der Waals surface area contributed by atoms with E-state index in [0.29, 0.717) is 32.0 Å². The summed E-state index contributed by atoms with van der Waals surface area (Å²) in [4.78, 5) is 27.5. The van der Waals surface area contributed by atoms with Crippen molar-refractivity contribution in [2.75, 3.05) is 7.11 Å². The van der Waals surface area contributed by atoms with Gasteiger partial charge in [-0.25, -0.2) is 0 Å². The number of nitrogens with zero attached hydrogens (tertiary/aromatic N) is 1. The van der Waals surface area contributed by atoms with Crippen LogP contribution in [-0.4, -0.2) is 23.2 Å². The Morgan fingerprint density at radius 2 is 1.62 bits per heavy atom. The number of hydrogen-bond acceptors (Lipinski definition) is 5. The first kappa shape index (κ1) is 25.2. The Balaban J connectivity index is 1.37. The summed E-state index contributed by atoms with van der Waals surface area (Å²) in [6.07, 6.45) is 1.64. The molecule has 0 unspecified atom stereocenters. The van der Waals surface area contributed by atoms with Crippen LogP contribution in [0.1, 0.15) is 16.7 Å². The molecule has 0 saturated carbocycles. The molecule has 2 amide bonds. The van der Waals surface area contributed by atoms with Crippen LogP contribution in [0.15, 0.2) is 83.8 Å². The van der Waals surface area contributed by atoms with Crippen molar-refractivity contribution in [3.8, 4) is 11.5 Å². The Bertz CT molecular complexity index is 1550. The Morgan fingerprint density at radius 1 is 0.892 bits per heavy atom.